The van der Waals surface area contributed by atoms with Gasteiger partial charge < -0.3 is 0 Å². The van der Waals surface area contributed by atoms with Crippen LogP contribution in [0.2, 0.25) is 0 Å². The maximum Gasteiger partial charge on any atom is 0.159 e. The molecule has 0 N–H and O–H groups in total. The topological polar surface area (TPSA) is 25.8 Å². The largest absolute Gasteiger partial charge is 0.237 e. The van der Waals surface area contributed by atoms with E-state index in [2.05, 4.69) is 9.97 Å². The van der Waals surface area contributed by atoms with Crippen LogP contribution in [0, 0.1) is 12.7 Å². The lowest BCUT2D eigenvalue weighted by atomic mass is 10.1. The Kier molecular flexibility index (Phi) is 2.23. The van der Waals surface area contributed by atoms with E-state index in [-0.39, 0.29) is 5.82 Å². The summed E-state index contributed by atoms with van der Waals surface area (Å²) in [4.78, 5) is 8.21. The molecule has 14 heavy (non-hydrogen) atoms. The van der Waals surface area contributed by atoms with E-state index in [9.17, 15) is 4.39 Å². The summed E-state index contributed by atoms with van der Waals surface area (Å²) in [5, 5.41) is 0. The second-order valence-electron chi connectivity index (χ2n) is 3.03. The number of benzene rings is 1. The first kappa shape index (κ1) is 8.81. The van der Waals surface area contributed by atoms with Crippen molar-refractivity contribution >= 4 is 0 Å². The molecule has 0 unspecified atom stereocenters. The molecule has 0 aliphatic carbocycles. The van der Waals surface area contributed by atoms with Crippen LogP contribution in [0.4, 0.5) is 4.39 Å². The van der Waals surface area contributed by atoms with E-state index < -0.39 is 0 Å². The lowest BCUT2D eigenvalue weighted by Crippen LogP contribution is -1.90. The summed E-state index contributed by atoms with van der Waals surface area (Å²) in [5.74, 6) is 0.396. The Morgan fingerprint density at radius 3 is 2.50 bits per heavy atom. The lowest BCUT2D eigenvalue weighted by molar-refractivity contribution is 0.627. The third-order valence-corrected chi connectivity index (χ3v) is 2.00. The van der Waals surface area contributed by atoms with Gasteiger partial charge in [0.15, 0.2) is 5.82 Å². The Morgan fingerprint density at radius 2 is 1.86 bits per heavy atom. The van der Waals surface area contributed by atoms with Gasteiger partial charge in [-0.1, -0.05) is 0 Å². The summed E-state index contributed by atoms with van der Waals surface area (Å²) in [6.07, 6.45) is 3.34. The molecule has 0 aliphatic rings. The maximum absolute atomic E-state index is 12.8. The molecule has 0 amide bonds. The molecule has 1 heterocycles. The number of hydrogen-bond donors (Lipinski definition) is 0. The fourth-order valence-corrected chi connectivity index (χ4v) is 1.32. The van der Waals surface area contributed by atoms with Gasteiger partial charge >= 0.3 is 0 Å². The smallest absolute Gasteiger partial charge is 0.159 e. The molecule has 0 fully saturated rings. The van der Waals surface area contributed by atoms with Crippen molar-refractivity contribution in [1.29, 1.82) is 0 Å². The standard InChI is InChI=1S/C11H9FN2/c1-8-7-9(12)3-4-10(8)11-13-5-2-6-14-11/h2-7H,1H3. The summed E-state index contributed by atoms with van der Waals surface area (Å²) >= 11 is 0. The van der Waals surface area contributed by atoms with Crippen LogP contribution in [0.1, 0.15) is 5.56 Å². The lowest BCUT2D eigenvalue weighted by Gasteiger charge is -2.02. The number of nitrogens with zero attached hydrogens (tertiary/aromatic N) is 2. The molecule has 3 heteroatoms. The van der Waals surface area contributed by atoms with Crippen LogP contribution in [-0.4, -0.2) is 9.97 Å². The number of rotatable bonds is 1. The Labute approximate surface area is 81.5 Å². The monoisotopic (exact) mass is 188 g/mol. The van der Waals surface area contributed by atoms with Crippen molar-refractivity contribution in [2.24, 2.45) is 0 Å². The molecular formula is C11H9FN2. The van der Waals surface area contributed by atoms with Crippen molar-refractivity contribution in [2.75, 3.05) is 0 Å². The average molecular weight is 188 g/mol. The number of hydrogen-bond acceptors (Lipinski definition) is 2. The van der Waals surface area contributed by atoms with Crippen molar-refractivity contribution < 1.29 is 4.39 Å². The summed E-state index contributed by atoms with van der Waals surface area (Å²) in [5.41, 5.74) is 1.71. The minimum absolute atomic E-state index is 0.234. The normalized spacial score (nSPS) is 10.1. The van der Waals surface area contributed by atoms with Gasteiger partial charge in [0.1, 0.15) is 5.82 Å². The van der Waals surface area contributed by atoms with Crippen LogP contribution in [0.5, 0.6) is 0 Å². The van der Waals surface area contributed by atoms with Gasteiger partial charge in [0, 0.05) is 18.0 Å². The predicted octanol–water partition coefficient (Wildman–Crippen LogP) is 2.59. The van der Waals surface area contributed by atoms with Gasteiger partial charge in [0.25, 0.3) is 0 Å². The van der Waals surface area contributed by atoms with Gasteiger partial charge in [0.05, 0.1) is 0 Å². The zero-order chi connectivity index (χ0) is 9.97. The van der Waals surface area contributed by atoms with Crippen LogP contribution in [0.25, 0.3) is 11.4 Å². The zero-order valence-corrected chi connectivity index (χ0v) is 7.74. The molecule has 0 radical (unpaired) electrons. The van der Waals surface area contributed by atoms with Crippen molar-refractivity contribution in [3.05, 3.63) is 48.0 Å². The van der Waals surface area contributed by atoms with Gasteiger partial charge in [0.2, 0.25) is 0 Å². The number of aryl methyl sites for hydroxylation is 1. The molecule has 0 saturated carbocycles. The number of halogens is 1. The molecule has 2 aromatic rings. The van der Waals surface area contributed by atoms with Gasteiger partial charge in [-0.15, -0.1) is 0 Å². The van der Waals surface area contributed by atoms with Crippen LogP contribution < -0.4 is 0 Å². The van der Waals surface area contributed by atoms with Gasteiger partial charge in [-0.25, -0.2) is 14.4 Å². The maximum atomic E-state index is 12.8. The Morgan fingerprint density at radius 1 is 1.14 bits per heavy atom. The van der Waals surface area contributed by atoms with E-state index >= 15 is 0 Å². The minimum atomic E-state index is -0.234. The molecule has 0 aliphatic heterocycles. The summed E-state index contributed by atoms with van der Waals surface area (Å²) in [7, 11) is 0. The first-order chi connectivity index (χ1) is 6.77. The fourth-order valence-electron chi connectivity index (χ4n) is 1.32. The molecule has 0 atom stereocenters. The first-order valence-electron chi connectivity index (χ1n) is 4.31. The van der Waals surface area contributed by atoms with E-state index in [1.807, 2.05) is 6.92 Å². The van der Waals surface area contributed by atoms with Gasteiger partial charge in [-0.3, -0.25) is 0 Å². The highest BCUT2D eigenvalue weighted by Gasteiger charge is 2.04. The molecule has 1 aromatic carbocycles. The van der Waals surface area contributed by atoms with E-state index in [1.165, 1.54) is 12.1 Å². The SMILES string of the molecule is Cc1cc(F)ccc1-c1ncccn1. The van der Waals surface area contributed by atoms with Crippen molar-refractivity contribution in [3.63, 3.8) is 0 Å². The molecule has 2 nitrogen and oxygen atoms in total. The molecular weight excluding hydrogens is 179 g/mol. The Hall–Kier alpha value is -1.77. The molecule has 0 saturated heterocycles. The van der Waals surface area contributed by atoms with E-state index in [0.29, 0.717) is 5.82 Å². The second-order valence-corrected chi connectivity index (χ2v) is 3.03. The first-order valence-corrected chi connectivity index (χ1v) is 4.31. The Bertz CT molecular complexity index is 440. The van der Waals surface area contributed by atoms with Crippen molar-refractivity contribution in [1.82, 2.24) is 9.97 Å². The van der Waals surface area contributed by atoms with Gasteiger partial charge in [-0.05, 0) is 36.8 Å². The number of aromatic nitrogens is 2. The third kappa shape index (κ3) is 1.62. The summed E-state index contributed by atoms with van der Waals surface area (Å²) in [6, 6.07) is 6.34. The molecule has 1 aromatic heterocycles. The van der Waals surface area contributed by atoms with Crippen molar-refractivity contribution in [3.8, 4) is 11.4 Å². The minimum Gasteiger partial charge on any atom is -0.237 e. The average Bonchev–Trinajstić information content (AvgIpc) is 2.19. The molecule has 70 valence electrons. The van der Waals surface area contributed by atoms with Gasteiger partial charge in [-0.2, -0.15) is 0 Å². The van der Waals surface area contributed by atoms with E-state index in [0.717, 1.165) is 11.1 Å². The summed E-state index contributed by atoms with van der Waals surface area (Å²) < 4.78 is 12.8. The van der Waals surface area contributed by atoms with Crippen LogP contribution in [0.3, 0.4) is 0 Å². The van der Waals surface area contributed by atoms with Crippen LogP contribution in [0.15, 0.2) is 36.7 Å². The Balaban J connectivity index is 2.53. The quantitative estimate of drug-likeness (QED) is 0.687. The third-order valence-electron chi connectivity index (χ3n) is 2.00. The highest BCUT2D eigenvalue weighted by molar-refractivity contribution is 5.59. The highest BCUT2D eigenvalue weighted by atomic mass is 19.1. The summed E-state index contributed by atoms with van der Waals surface area (Å²) in [6.45, 7) is 1.84. The van der Waals surface area contributed by atoms with E-state index in [1.54, 1.807) is 24.5 Å². The zero-order valence-electron chi connectivity index (χ0n) is 7.74. The predicted molar refractivity (Wildman–Crippen MR) is 52.2 cm³/mol. The van der Waals surface area contributed by atoms with Crippen LogP contribution in [-0.2, 0) is 0 Å². The highest BCUT2D eigenvalue weighted by Crippen LogP contribution is 2.19. The van der Waals surface area contributed by atoms with Crippen LogP contribution >= 0.6 is 0 Å². The molecule has 0 spiro atoms. The second kappa shape index (κ2) is 3.54. The molecule has 0 bridgehead atoms. The van der Waals surface area contributed by atoms with Crippen molar-refractivity contribution in [2.45, 2.75) is 6.92 Å². The molecule has 2 rings (SSSR count). The van der Waals surface area contributed by atoms with E-state index in [4.69, 9.17) is 0 Å². The fraction of sp³-hybridized carbons (Fsp3) is 0.0909.